The molecular formula is C11H11NO3. The average molecular weight is 205 g/mol. The lowest BCUT2D eigenvalue weighted by Gasteiger charge is -2.28. The summed E-state index contributed by atoms with van der Waals surface area (Å²) < 4.78 is 0. The third-order valence-electron chi connectivity index (χ3n) is 2.66. The second kappa shape index (κ2) is 3.38. The molecule has 1 aliphatic carbocycles. The first-order valence-electron chi connectivity index (χ1n) is 4.70. The molecule has 0 bridgehead atoms. The molecule has 15 heavy (non-hydrogen) atoms. The van der Waals surface area contributed by atoms with Gasteiger partial charge in [-0.25, -0.2) is 0 Å². The number of nitrogens with two attached hydrogens (primary N) is 1. The van der Waals surface area contributed by atoms with Gasteiger partial charge in [-0.15, -0.1) is 0 Å². The molecule has 0 aromatic heterocycles. The minimum atomic E-state index is -0.591. The van der Waals surface area contributed by atoms with Crippen molar-refractivity contribution >= 4 is 11.7 Å². The molecule has 0 radical (unpaired) electrons. The number of Topliss-reactive ketones (excluding diaryl/α,β-unsaturated/α-hetero) is 1. The van der Waals surface area contributed by atoms with Crippen LogP contribution >= 0.6 is 0 Å². The van der Waals surface area contributed by atoms with Gasteiger partial charge in [0.05, 0.1) is 6.42 Å². The van der Waals surface area contributed by atoms with Gasteiger partial charge in [0.1, 0.15) is 11.5 Å². The minimum absolute atomic E-state index is 0.138. The van der Waals surface area contributed by atoms with Gasteiger partial charge in [0.25, 0.3) is 0 Å². The van der Waals surface area contributed by atoms with E-state index in [2.05, 4.69) is 0 Å². The standard InChI is InChI=1S/C11H11NO3/c12-11(15)5-10(14)9-4-6-3-7(13)1-2-8(6)9/h1-3,9,13H,4-5H2,(H2,12,15). The van der Waals surface area contributed by atoms with Crippen LogP contribution in [-0.2, 0) is 16.0 Å². The highest BCUT2D eigenvalue weighted by molar-refractivity contribution is 6.01. The van der Waals surface area contributed by atoms with Crippen molar-refractivity contribution < 1.29 is 14.7 Å². The topological polar surface area (TPSA) is 80.4 Å². The van der Waals surface area contributed by atoms with E-state index in [0.29, 0.717) is 6.42 Å². The number of ketones is 1. The molecule has 1 amide bonds. The molecule has 0 fully saturated rings. The number of hydrogen-bond donors (Lipinski definition) is 2. The average Bonchev–Trinajstić information content (AvgIpc) is 2.08. The molecule has 2 rings (SSSR count). The van der Waals surface area contributed by atoms with E-state index >= 15 is 0 Å². The molecule has 1 aromatic carbocycles. The van der Waals surface area contributed by atoms with E-state index in [4.69, 9.17) is 5.73 Å². The quantitative estimate of drug-likeness (QED) is 0.704. The van der Waals surface area contributed by atoms with Crippen LogP contribution in [-0.4, -0.2) is 16.8 Å². The van der Waals surface area contributed by atoms with Crippen LogP contribution in [0, 0.1) is 0 Å². The van der Waals surface area contributed by atoms with Crippen LogP contribution in [0.15, 0.2) is 18.2 Å². The van der Waals surface area contributed by atoms with Crippen LogP contribution in [0.3, 0.4) is 0 Å². The Labute approximate surface area is 86.7 Å². The van der Waals surface area contributed by atoms with Crippen molar-refractivity contribution in [3.05, 3.63) is 29.3 Å². The van der Waals surface area contributed by atoms with E-state index in [1.807, 2.05) is 0 Å². The third kappa shape index (κ3) is 1.70. The molecule has 0 saturated carbocycles. The lowest BCUT2D eigenvalue weighted by molar-refractivity contribution is -0.127. The van der Waals surface area contributed by atoms with Crippen LogP contribution in [0.2, 0.25) is 0 Å². The Morgan fingerprint density at radius 2 is 2.20 bits per heavy atom. The van der Waals surface area contributed by atoms with Gasteiger partial charge in [0.15, 0.2) is 0 Å². The Hall–Kier alpha value is -1.84. The summed E-state index contributed by atoms with van der Waals surface area (Å²) in [4.78, 5) is 22.1. The van der Waals surface area contributed by atoms with E-state index in [9.17, 15) is 14.7 Å². The molecule has 4 nitrogen and oxygen atoms in total. The van der Waals surface area contributed by atoms with Gasteiger partial charge >= 0.3 is 0 Å². The fourth-order valence-corrected chi connectivity index (χ4v) is 1.89. The van der Waals surface area contributed by atoms with E-state index in [0.717, 1.165) is 11.1 Å². The fraction of sp³-hybridized carbons (Fsp3) is 0.273. The summed E-state index contributed by atoms with van der Waals surface area (Å²) in [5.74, 6) is -0.740. The van der Waals surface area contributed by atoms with Gasteiger partial charge in [-0.2, -0.15) is 0 Å². The molecule has 4 heteroatoms. The SMILES string of the molecule is NC(=O)CC(=O)C1Cc2cc(O)ccc21. The molecular weight excluding hydrogens is 194 g/mol. The smallest absolute Gasteiger partial charge is 0.224 e. The van der Waals surface area contributed by atoms with Gasteiger partial charge in [-0.3, -0.25) is 9.59 Å². The largest absolute Gasteiger partial charge is 0.508 e. The van der Waals surface area contributed by atoms with Crippen LogP contribution < -0.4 is 5.73 Å². The third-order valence-corrected chi connectivity index (χ3v) is 2.66. The van der Waals surface area contributed by atoms with Crippen molar-refractivity contribution in [2.24, 2.45) is 5.73 Å². The Morgan fingerprint density at radius 3 is 2.80 bits per heavy atom. The summed E-state index contributed by atoms with van der Waals surface area (Å²) in [7, 11) is 0. The summed E-state index contributed by atoms with van der Waals surface area (Å²) >= 11 is 0. The number of fused-ring (bicyclic) bond motifs is 1. The van der Waals surface area contributed by atoms with Gasteiger partial charge in [0.2, 0.25) is 5.91 Å². The monoisotopic (exact) mass is 205 g/mol. The Morgan fingerprint density at radius 1 is 1.47 bits per heavy atom. The Balaban J connectivity index is 2.14. The summed E-state index contributed by atoms with van der Waals surface area (Å²) in [5, 5.41) is 9.18. The lowest BCUT2D eigenvalue weighted by atomic mass is 9.74. The maximum atomic E-state index is 11.5. The maximum absolute atomic E-state index is 11.5. The number of rotatable bonds is 3. The van der Waals surface area contributed by atoms with Crippen LogP contribution in [0.4, 0.5) is 0 Å². The highest BCUT2D eigenvalue weighted by Crippen LogP contribution is 2.38. The molecule has 0 spiro atoms. The second-order valence-corrected chi connectivity index (χ2v) is 3.75. The van der Waals surface area contributed by atoms with Crippen molar-refractivity contribution in [1.29, 1.82) is 0 Å². The van der Waals surface area contributed by atoms with E-state index in [-0.39, 0.29) is 23.9 Å². The molecule has 1 unspecified atom stereocenters. The van der Waals surface area contributed by atoms with Crippen LogP contribution in [0.5, 0.6) is 5.75 Å². The summed E-state index contributed by atoms with van der Waals surface area (Å²) in [6.07, 6.45) is 0.390. The maximum Gasteiger partial charge on any atom is 0.224 e. The zero-order valence-corrected chi connectivity index (χ0v) is 8.06. The van der Waals surface area contributed by atoms with Crippen molar-refractivity contribution in [3.8, 4) is 5.75 Å². The lowest BCUT2D eigenvalue weighted by Crippen LogP contribution is -2.28. The number of carbonyl (C=O) groups is 2. The second-order valence-electron chi connectivity index (χ2n) is 3.75. The van der Waals surface area contributed by atoms with Crippen molar-refractivity contribution in [2.75, 3.05) is 0 Å². The summed E-state index contributed by atoms with van der Waals surface area (Å²) in [6, 6.07) is 4.91. The number of aromatic hydroxyl groups is 1. The number of primary amides is 1. The van der Waals surface area contributed by atoms with Crippen LogP contribution in [0.1, 0.15) is 23.5 Å². The first-order valence-corrected chi connectivity index (χ1v) is 4.70. The molecule has 78 valence electrons. The van der Waals surface area contributed by atoms with E-state index in [1.54, 1.807) is 18.2 Å². The van der Waals surface area contributed by atoms with Gasteiger partial charge in [-0.05, 0) is 29.7 Å². The van der Waals surface area contributed by atoms with Crippen molar-refractivity contribution in [1.82, 2.24) is 0 Å². The molecule has 0 saturated heterocycles. The predicted molar refractivity (Wildman–Crippen MR) is 53.4 cm³/mol. The van der Waals surface area contributed by atoms with Gasteiger partial charge < -0.3 is 10.8 Å². The van der Waals surface area contributed by atoms with Gasteiger partial charge in [-0.1, -0.05) is 6.07 Å². The minimum Gasteiger partial charge on any atom is -0.508 e. The summed E-state index contributed by atoms with van der Waals surface area (Å²) in [6.45, 7) is 0. The molecule has 1 aliphatic rings. The molecule has 0 heterocycles. The van der Waals surface area contributed by atoms with Crippen molar-refractivity contribution in [2.45, 2.75) is 18.8 Å². The number of amides is 1. The van der Waals surface area contributed by atoms with Crippen molar-refractivity contribution in [3.63, 3.8) is 0 Å². The van der Waals surface area contributed by atoms with E-state index < -0.39 is 5.91 Å². The highest BCUT2D eigenvalue weighted by atomic mass is 16.3. The molecule has 1 aromatic rings. The molecule has 0 aliphatic heterocycles. The first kappa shape index (κ1) is 9.71. The molecule has 1 atom stereocenters. The first-order chi connectivity index (χ1) is 7.08. The van der Waals surface area contributed by atoms with E-state index in [1.165, 1.54) is 0 Å². The molecule has 3 N–H and O–H groups in total. The number of hydrogen-bond acceptors (Lipinski definition) is 3. The zero-order chi connectivity index (χ0) is 11.0. The highest BCUT2D eigenvalue weighted by Gasteiger charge is 2.32. The number of phenolic OH excluding ortho intramolecular Hbond substituents is 1. The van der Waals surface area contributed by atoms with Crippen LogP contribution in [0.25, 0.3) is 0 Å². The Kier molecular flexibility index (Phi) is 2.19. The summed E-state index contributed by atoms with van der Waals surface area (Å²) in [5.41, 5.74) is 6.83. The zero-order valence-electron chi connectivity index (χ0n) is 8.06. The Bertz CT molecular complexity index is 439. The number of benzene rings is 1. The predicted octanol–water partition coefficient (Wildman–Crippen LogP) is 0.476. The fourth-order valence-electron chi connectivity index (χ4n) is 1.89. The number of carbonyl (C=O) groups excluding carboxylic acids is 2. The number of phenols is 1. The van der Waals surface area contributed by atoms with Gasteiger partial charge in [0, 0.05) is 5.92 Å². The normalized spacial score (nSPS) is 17.7.